The second kappa shape index (κ2) is 3.58. The van der Waals surface area contributed by atoms with Gasteiger partial charge in [-0.3, -0.25) is 0 Å². The zero-order chi connectivity index (χ0) is 10.1. The van der Waals surface area contributed by atoms with Crippen LogP contribution in [0.4, 0.5) is 5.69 Å². The molecule has 1 aliphatic heterocycles. The molecule has 0 unspecified atom stereocenters. The highest BCUT2D eigenvalue weighted by atomic mass is 32.1. The molecule has 3 heteroatoms. The fourth-order valence-corrected chi connectivity index (χ4v) is 2.07. The van der Waals surface area contributed by atoms with Crippen LogP contribution in [-0.2, 0) is 6.42 Å². The third-order valence-electron chi connectivity index (χ3n) is 2.71. The van der Waals surface area contributed by atoms with Crippen molar-refractivity contribution in [2.75, 3.05) is 18.5 Å². The summed E-state index contributed by atoms with van der Waals surface area (Å²) in [6, 6.07) is 6.24. The normalized spacial score (nSPS) is 15.1. The van der Waals surface area contributed by atoms with Gasteiger partial charge in [0.2, 0.25) is 0 Å². The zero-order valence-electron chi connectivity index (χ0n) is 8.29. The summed E-state index contributed by atoms with van der Waals surface area (Å²) in [7, 11) is 2.12. The van der Waals surface area contributed by atoms with Crippen LogP contribution in [0.3, 0.4) is 0 Å². The van der Waals surface area contributed by atoms with E-state index in [-0.39, 0.29) is 0 Å². The summed E-state index contributed by atoms with van der Waals surface area (Å²) in [5.74, 6) is 0. The van der Waals surface area contributed by atoms with E-state index >= 15 is 0 Å². The quantitative estimate of drug-likeness (QED) is 0.709. The molecule has 0 bridgehead atoms. The molecule has 2 rings (SSSR count). The molecule has 0 fully saturated rings. The Labute approximate surface area is 89.7 Å². The number of aryl methyl sites for hydroxylation is 1. The standard InChI is InChI=1S/C11H14N2S/c1-13-6-2-3-8-7-9(11(12)14)4-5-10(8)13/h4-5,7H,2-3,6H2,1H3,(H2,12,14). The molecule has 1 aromatic rings. The summed E-state index contributed by atoms with van der Waals surface area (Å²) in [5, 5.41) is 0. The van der Waals surface area contributed by atoms with Crippen molar-refractivity contribution in [1.29, 1.82) is 0 Å². The molecule has 0 spiro atoms. The van der Waals surface area contributed by atoms with Gasteiger partial charge in [0.05, 0.1) is 0 Å². The number of fused-ring (bicyclic) bond motifs is 1. The van der Waals surface area contributed by atoms with Gasteiger partial charge in [-0.2, -0.15) is 0 Å². The lowest BCUT2D eigenvalue weighted by Gasteiger charge is -2.27. The molecule has 0 amide bonds. The molecule has 0 aliphatic carbocycles. The molecular weight excluding hydrogens is 192 g/mol. The van der Waals surface area contributed by atoms with Gasteiger partial charge in [0.1, 0.15) is 4.99 Å². The minimum absolute atomic E-state index is 0.487. The van der Waals surface area contributed by atoms with Gasteiger partial charge >= 0.3 is 0 Å². The van der Waals surface area contributed by atoms with E-state index in [0.29, 0.717) is 4.99 Å². The Morgan fingerprint density at radius 2 is 2.29 bits per heavy atom. The minimum Gasteiger partial charge on any atom is -0.389 e. The highest BCUT2D eigenvalue weighted by Crippen LogP contribution is 2.26. The monoisotopic (exact) mass is 206 g/mol. The lowest BCUT2D eigenvalue weighted by Crippen LogP contribution is -2.25. The van der Waals surface area contributed by atoms with Crippen molar-refractivity contribution in [3.05, 3.63) is 29.3 Å². The third-order valence-corrected chi connectivity index (χ3v) is 2.95. The van der Waals surface area contributed by atoms with Gasteiger partial charge in [0.25, 0.3) is 0 Å². The Morgan fingerprint density at radius 1 is 1.50 bits per heavy atom. The van der Waals surface area contributed by atoms with E-state index in [1.54, 1.807) is 0 Å². The molecule has 1 aliphatic rings. The minimum atomic E-state index is 0.487. The lowest BCUT2D eigenvalue weighted by atomic mass is 10.00. The second-order valence-electron chi connectivity index (χ2n) is 3.73. The van der Waals surface area contributed by atoms with E-state index in [2.05, 4.69) is 24.1 Å². The van der Waals surface area contributed by atoms with Gasteiger partial charge in [0, 0.05) is 24.8 Å². The highest BCUT2D eigenvalue weighted by Gasteiger charge is 2.13. The molecule has 0 radical (unpaired) electrons. The Bertz CT molecular complexity index is 374. The predicted molar refractivity (Wildman–Crippen MR) is 63.9 cm³/mol. The number of benzene rings is 1. The van der Waals surface area contributed by atoms with Crippen molar-refractivity contribution in [2.45, 2.75) is 12.8 Å². The Hall–Kier alpha value is -1.09. The number of rotatable bonds is 1. The van der Waals surface area contributed by atoms with Crippen LogP contribution in [-0.4, -0.2) is 18.6 Å². The summed E-state index contributed by atoms with van der Waals surface area (Å²) in [6.07, 6.45) is 2.35. The molecular formula is C11H14N2S. The Balaban J connectivity index is 2.44. The van der Waals surface area contributed by atoms with Crippen molar-refractivity contribution < 1.29 is 0 Å². The number of nitrogens with zero attached hydrogens (tertiary/aromatic N) is 1. The van der Waals surface area contributed by atoms with Crippen LogP contribution in [0.5, 0.6) is 0 Å². The van der Waals surface area contributed by atoms with E-state index in [1.807, 2.05) is 6.07 Å². The van der Waals surface area contributed by atoms with Crippen LogP contribution in [0.2, 0.25) is 0 Å². The van der Waals surface area contributed by atoms with Crippen LogP contribution in [0.1, 0.15) is 17.5 Å². The first-order valence-corrected chi connectivity index (χ1v) is 5.23. The van der Waals surface area contributed by atoms with E-state index in [4.69, 9.17) is 18.0 Å². The molecule has 2 N–H and O–H groups in total. The maximum atomic E-state index is 5.60. The first kappa shape index (κ1) is 9.46. The molecule has 0 saturated carbocycles. The van der Waals surface area contributed by atoms with Crippen LogP contribution in [0, 0.1) is 0 Å². The van der Waals surface area contributed by atoms with Crippen LogP contribution in [0.15, 0.2) is 18.2 Å². The molecule has 14 heavy (non-hydrogen) atoms. The Kier molecular flexibility index (Phi) is 2.42. The van der Waals surface area contributed by atoms with Gasteiger partial charge < -0.3 is 10.6 Å². The SMILES string of the molecule is CN1CCCc2cc(C(N)=S)ccc21. The average Bonchev–Trinajstić information content (AvgIpc) is 2.17. The highest BCUT2D eigenvalue weighted by molar-refractivity contribution is 7.80. The van der Waals surface area contributed by atoms with Crippen LogP contribution < -0.4 is 10.6 Å². The summed E-state index contributed by atoms with van der Waals surface area (Å²) in [5.41, 5.74) is 9.26. The number of anilines is 1. The molecule has 2 nitrogen and oxygen atoms in total. The van der Waals surface area contributed by atoms with Crippen molar-refractivity contribution in [3.63, 3.8) is 0 Å². The van der Waals surface area contributed by atoms with E-state index in [1.165, 1.54) is 17.7 Å². The number of thiocarbonyl (C=S) groups is 1. The summed E-state index contributed by atoms with van der Waals surface area (Å²) >= 11 is 4.96. The first-order chi connectivity index (χ1) is 6.68. The largest absolute Gasteiger partial charge is 0.389 e. The fourth-order valence-electron chi connectivity index (χ4n) is 1.94. The number of nitrogens with two attached hydrogens (primary N) is 1. The average molecular weight is 206 g/mol. The fraction of sp³-hybridized carbons (Fsp3) is 0.364. The third kappa shape index (κ3) is 1.60. The smallest absolute Gasteiger partial charge is 0.103 e. The van der Waals surface area contributed by atoms with Gasteiger partial charge in [-0.15, -0.1) is 0 Å². The van der Waals surface area contributed by atoms with Gasteiger partial charge in [0.15, 0.2) is 0 Å². The molecule has 0 aromatic heterocycles. The molecule has 1 heterocycles. The predicted octanol–water partition coefficient (Wildman–Crippen LogP) is 1.70. The summed E-state index contributed by atoms with van der Waals surface area (Å²) < 4.78 is 0. The molecule has 74 valence electrons. The lowest BCUT2D eigenvalue weighted by molar-refractivity contribution is 0.744. The zero-order valence-corrected chi connectivity index (χ0v) is 9.10. The van der Waals surface area contributed by atoms with Crippen molar-refractivity contribution in [1.82, 2.24) is 0 Å². The van der Waals surface area contributed by atoms with Gasteiger partial charge in [-0.25, -0.2) is 0 Å². The van der Waals surface area contributed by atoms with Gasteiger partial charge in [-0.1, -0.05) is 12.2 Å². The summed E-state index contributed by atoms with van der Waals surface area (Å²) in [6.45, 7) is 1.14. The van der Waals surface area contributed by atoms with Crippen molar-refractivity contribution in [3.8, 4) is 0 Å². The van der Waals surface area contributed by atoms with E-state index in [9.17, 15) is 0 Å². The summed E-state index contributed by atoms with van der Waals surface area (Å²) in [4.78, 5) is 2.77. The Morgan fingerprint density at radius 3 is 3.00 bits per heavy atom. The number of hydrogen-bond donors (Lipinski definition) is 1. The molecule has 1 aromatic carbocycles. The number of hydrogen-bond acceptors (Lipinski definition) is 2. The van der Waals surface area contributed by atoms with E-state index < -0.39 is 0 Å². The maximum absolute atomic E-state index is 5.60. The van der Waals surface area contributed by atoms with E-state index in [0.717, 1.165) is 18.5 Å². The second-order valence-corrected chi connectivity index (χ2v) is 4.17. The first-order valence-electron chi connectivity index (χ1n) is 4.82. The van der Waals surface area contributed by atoms with Crippen LogP contribution >= 0.6 is 12.2 Å². The van der Waals surface area contributed by atoms with Crippen LogP contribution in [0.25, 0.3) is 0 Å². The van der Waals surface area contributed by atoms with Crippen molar-refractivity contribution >= 4 is 22.9 Å². The van der Waals surface area contributed by atoms with Crippen molar-refractivity contribution in [2.24, 2.45) is 5.73 Å². The molecule has 0 saturated heterocycles. The maximum Gasteiger partial charge on any atom is 0.103 e. The molecule has 0 atom stereocenters. The van der Waals surface area contributed by atoms with Gasteiger partial charge in [-0.05, 0) is 36.6 Å². The topological polar surface area (TPSA) is 29.3 Å².